The predicted molar refractivity (Wildman–Crippen MR) is 140 cm³/mol. The van der Waals surface area contributed by atoms with Crippen LogP contribution in [-0.2, 0) is 0 Å². The second-order valence-electron chi connectivity index (χ2n) is 8.60. The van der Waals surface area contributed by atoms with Gasteiger partial charge >= 0.3 is 0 Å². The van der Waals surface area contributed by atoms with Gasteiger partial charge in [-0.1, -0.05) is 86.4 Å². The minimum Gasteiger partial charge on any atom is -0.144 e. The molecule has 1 aliphatic rings. The molecule has 3 heterocycles. The zero-order valence-electron chi connectivity index (χ0n) is 17.2. The third-order valence-corrected chi connectivity index (χ3v) is 18.1. The molecule has 2 aromatic carbocycles. The average Bonchev–Trinajstić information content (AvgIpc) is 3.39. The van der Waals surface area contributed by atoms with Crippen LogP contribution < -0.4 is 25.2 Å². The summed E-state index contributed by atoms with van der Waals surface area (Å²) in [5.74, 6) is 0. The molecule has 0 nitrogen and oxygen atoms in total. The highest BCUT2D eigenvalue weighted by Gasteiger charge is 2.51. The summed E-state index contributed by atoms with van der Waals surface area (Å²) in [4.78, 5) is 3.10. The van der Waals surface area contributed by atoms with Crippen molar-refractivity contribution >= 4 is 75.8 Å². The van der Waals surface area contributed by atoms with Crippen LogP contribution in [0.2, 0.25) is 19.6 Å². The first kappa shape index (κ1) is 19.6. The fourth-order valence-electron chi connectivity index (χ4n) is 4.43. The van der Waals surface area contributed by atoms with E-state index in [0.29, 0.717) is 0 Å². The first-order chi connectivity index (χ1) is 14.0. The summed E-state index contributed by atoms with van der Waals surface area (Å²) in [7, 11) is -3.62. The zero-order valence-corrected chi connectivity index (χ0v) is 21.6. The molecule has 0 saturated carbocycles. The normalized spacial score (nSPS) is 14.6. The lowest BCUT2D eigenvalue weighted by Crippen LogP contribution is -2.72. The molecule has 146 valence electrons. The summed E-state index contributed by atoms with van der Waals surface area (Å²) in [5, 5.41) is 6.26. The molecule has 0 N–H and O–H groups in total. The van der Waals surface area contributed by atoms with Crippen molar-refractivity contribution in [2.24, 2.45) is 0 Å². The van der Waals surface area contributed by atoms with E-state index in [4.69, 9.17) is 0 Å². The Bertz CT molecular complexity index is 1130. The second kappa shape index (κ2) is 7.10. The van der Waals surface area contributed by atoms with Gasteiger partial charge in [-0.25, -0.2) is 0 Å². The molecular formula is C24H24S3Si2. The SMILES string of the molecule is CSc1cc2c(s1)-c1sc([Si](C)(C)C)cc1[Si]2(c1ccccc1)c1ccccc1. The van der Waals surface area contributed by atoms with E-state index < -0.39 is 16.1 Å². The van der Waals surface area contributed by atoms with Gasteiger partial charge in [0.15, 0.2) is 8.07 Å². The largest absolute Gasteiger partial charge is 0.182 e. The van der Waals surface area contributed by atoms with E-state index >= 15 is 0 Å². The van der Waals surface area contributed by atoms with Gasteiger partial charge in [-0.15, -0.1) is 34.4 Å². The van der Waals surface area contributed by atoms with Crippen LogP contribution in [0.1, 0.15) is 0 Å². The van der Waals surface area contributed by atoms with Crippen molar-refractivity contribution in [1.29, 1.82) is 0 Å². The van der Waals surface area contributed by atoms with Crippen molar-refractivity contribution in [3.8, 4) is 9.75 Å². The number of thioether (sulfide) groups is 1. The van der Waals surface area contributed by atoms with Crippen molar-refractivity contribution in [3.05, 3.63) is 72.8 Å². The molecular weight excluding hydrogens is 441 g/mol. The molecule has 0 spiro atoms. The highest BCUT2D eigenvalue weighted by molar-refractivity contribution is 8.00. The topological polar surface area (TPSA) is 0 Å². The van der Waals surface area contributed by atoms with Gasteiger partial charge < -0.3 is 0 Å². The molecule has 0 saturated heterocycles. The van der Waals surface area contributed by atoms with Crippen molar-refractivity contribution in [1.82, 2.24) is 0 Å². The smallest absolute Gasteiger partial charge is 0.144 e. The molecule has 29 heavy (non-hydrogen) atoms. The molecule has 1 aliphatic heterocycles. The summed E-state index contributed by atoms with van der Waals surface area (Å²) in [6.07, 6.45) is 2.21. The minimum absolute atomic E-state index is 1.37. The molecule has 0 atom stereocenters. The first-order valence-corrected chi connectivity index (χ1v) is 18.3. The third-order valence-electron chi connectivity index (χ3n) is 5.81. The molecule has 0 amide bonds. The van der Waals surface area contributed by atoms with Gasteiger partial charge in [0.05, 0.1) is 12.3 Å². The van der Waals surface area contributed by atoms with Crippen LogP contribution in [0.3, 0.4) is 0 Å². The fourth-order valence-corrected chi connectivity index (χ4v) is 15.9. The molecule has 0 radical (unpaired) electrons. The number of benzene rings is 2. The van der Waals surface area contributed by atoms with Crippen molar-refractivity contribution in [2.45, 2.75) is 23.9 Å². The molecule has 5 rings (SSSR count). The highest BCUT2D eigenvalue weighted by Crippen LogP contribution is 2.40. The maximum atomic E-state index is 2.62. The van der Waals surface area contributed by atoms with Gasteiger partial charge in [0, 0.05) is 9.75 Å². The Morgan fingerprint density at radius 1 is 0.724 bits per heavy atom. The van der Waals surface area contributed by atoms with Crippen LogP contribution >= 0.6 is 34.4 Å². The number of thiophene rings is 2. The van der Waals surface area contributed by atoms with E-state index in [0.717, 1.165) is 0 Å². The Morgan fingerprint density at radius 2 is 1.24 bits per heavy atom. The van der Waals surface area contributed by atoms with Gasteiger partial charge in [-0.05, 0) is 37.6 Å². The molecule has 4 aromatic rings. The monoisotopic (exact) mass is 464 g/mol. The lowest BCUT2D eigenvalue weighted by Gasteiger charge is -2.30. The van der Waals surface area contributed by atoms with Gasteiger partial charge in [-0.2, -0.15) is 0 Å². The Hall–Kier alpha value is -1.38. The Kier molecular flexibility index (Phi) is 4.79. The maximum Gasteiger partial charge on any atom is 0.182 e. The van der Waals surface area contributed by atoms with Crippen molar-refractivity contribution < 1.29 is 0 Å². The average molecular weight is 465 g/mol. The minimum atomic E-state index is -2.25. The van der Waals surface area contributed by atoms with Gasteiger partial charge in [0.25, 0.3) is 0 Å². The third kappa shape index (κ3) is 2.90. The zero-order chi connectivity index (χ0) is 20.2. The standard InChI is InChI=1S/C24H24S3Si2/c1-25-21-15-19-23(26-21)24-20(16-22(27-24)28(2,3)4)29(19,17-11-7-5-8-12-17)18-13-9-6-10-14-18/h5-16H,1-4H3. The van der Waals surface area contributed by atoms with Crippen LogP contribution in [0.25, 0.3) is 9.75 Å². The number of rotatable bonds is 4. The Balaban J connectivity index is 1.93. The van der Waals surface area contributed by atoms with E-state index in [-0.39, 0.29) is 0 Å². The summed E-state index contributed by atoms with van der Waals surface area (Å²) in [5.41, 5.74) is 0. The summed E-state index contributed by atoms with van der Waals surface area (Å²) < 4.78 is 3.07. The van der Waals surface area contributed by atoms with Gasteiger partial charge in [0.2, 0.25) is 0 Å². The molecule has 0 bridgehead atoms. The van der Waals surface area contributed by atoms with E-state index in [2.05, 4.69) is 110 Å². The first-order valence-electron chi connectivity index (χ1n) is 9.90. The molecule has 5 heteroatoms. The summed E-state index contributed by atoms with van der Waals surface area (Å²) >= 11 is 5.97. The summed E-state index contributed by atoms with van der Waals surface area (Å²) in [6, 6.07) is 27.8. The fraction of sp³-hybridized carbons (Fsp3) is 0.167. The van der Waals surface area contributed by atoms with E-state index in [1.165, 1.54) is 14.6 Å². The van der Waals surface area contributed by atoms with Crippen molar-refractivity contribution in [2.75, 3.05) is 6.26 Å². The second-order valence-corrected chi connectivity index (χ2v) is 20.9. The van der Waals surface area contributed by atoms with E-state index in [1.54, 1.807) is 24.6 Å². The molecule has 0 fully saturated rings. The van der Waals surface area contributed by atoms with Gasteiger partial charge in [-0.3, -0.25) is 0 Å². The lowest BCUT2D eigenvalue weighted by molar-refractivity contribution is 1.70. The lowest BCUT2D eigenvalue weighted by atomic mass is 10.4. The Morgan fingerprint density at radius 3 is 1.76 bits per heavy atom. The molecule has 2 aromatic heterocycles. The number of hydrogen-bond donors (Lipinski definition) is 0. The van der Waals surface area contributed by atoms with Crippen LogP contribution in [-0.4, -0.2) is 22.4 Å². The van der Waals surface area contributed by atoms with E-state index in [1.807, 2.05) is 23.1 Å². The molecule has 0 aliphatic carbocycles. The van der Waals surface area contributed by atoms with Crippen molar-refractivity contribution in [3.63, 3.8) is 0 Å². The van der Waals surface area contributed by atoms with Crippen LogP contribution in [0, 0.1) is 0 Å². The number of fused-ring (bicyclic) bond motifs is 3. The van der Waals surface area contributed by atoms with Gasteiger partial charge in [0.1, 0.15) is 0 Å². The van der Waals surface area contributed by atoms with Crippen LogP contribution in [0.15, 0.2) is 77.0 Å². The quantitative estimate of drug-likeness (QED) is 0.280. The highest BCUT2D eigenvalue weighted by atomic mass is 32.2. The predicted octanol–water partition coefficient (Wildman–Crippen LogP) is 4.43. The number of hydrogen-bond acceptors (Lipinski definition) is 3. The van der Waals surface area contributed by atoms with E-state index in [9.17, 15) is 0 Å². The van der Waals surface area contributed by atoms with Crippen LogP contribution in [0.4, 0.5) is 0 Å². The Labute approximate surface area is 187 Å². The summed E-state index contributed by atoms with van der Waals surface area (Å²) in [6.45, 7) is 7.43. The van der Waals surface area contributed by atoms with Crippen LogP contribution in [0.5, 0.6) is 0 Å². The maximum absolute atomic E-state index is 2.62. The molecule has 0 unspecified atom stereocenters.